The Hall–Kier alpha value is -2.70. The molecule has 3 unspecified atom stereocenters. The SMILES string of the molecule is CC(O)N(C(=O)CC1(C(C)C)NC(=O)N(NC(=O)Nc2ccc(Br)cc2)C1=O)C(C)O. The van der Waals surface area contributed by atoms with Crippen molar-refractivity contribution in [1.29, 1.82) is 0 Å². The summed E-state index contributed by atoms with van der Waals surface area (Å²) in [6.45, 7) is 5.85. The normalized spacial score (nSPS) is 20.3. The molecular weight excluding hydrogens is 474 g/mol. The summed E-state index contributed by atoms with van der Waals surface area (Å²) >= 11 is 3.28. The molecule has 0 aliphatic carbocycles. The first-order chi connectivity index (χ1) is 14.4. The van der Waals surface area contributed by atoms with Crippen LogP contribution < -0.4 is 16.1 Å². The lowest BCUT2D eigenvalue weighted by Crippen LogP contribution is -2.57. The van der Waals surface area contributed by atoms with Gasteiger partial charge < -0.3 is 20.8 Å². The van der Waals surface area contributed by atoms with E-state index in [0.29, 0.717) is 10.7 Å². The highest BCUT2D eigenvalue weighted by molar-refractivity contribution is 9.10. The van der Waals surface area contributed by atoms with Crippen LogP contribution in [0.15, 0.2) is 28.7 Å². The second kappa shape index (κ2) is 9.62. The van der Waals surface area contributed by atoms with Crippen LogP contribution in [0, 0.1) is 5.92 Å². The molecule has 1 aliphatic heterocycles. The molecule has 1 fully saturated rings. The number of rotatable bonds is 7. The number of carbonyl (C=O) groups is 4. The molecule has 2 rings (SSSR count). The molecule has 1 aromatic carbocycles. The number of nitrogens with one attached hydrogen (secondary N) is 3. The topological polar surface area (TPSA) is 151 Å². The molecule has 0 saturated carbocycles. The average Bonchev–Trinajstić information content (AvgIpc) is 2.88. The Labute approximate surface area is 187 Å². The van der Waals surface area contributed by atoms with E-state index in [-0.39, 0.29) is 0 Å². The summed E-state index contributed by atoms with van der Waals surface area (Å²) in [5.41, 5.74) is 0.953. The lowest BCUT2D eigenvalue weighted by molar-refractivity contribution is -0.160. The third kappa shape index (κ3) is 5.32. The van der Waals surface area contributed by atoms with Gasteiger partial charge in [0.25, 0.3) is 5.91 Å². The Balaban J connectivity index is 2.19. The Morgan fingerprint density at radius 2 is 1.68 bits per heavy atom. The number of amides is 6. The minimum absolute atomic E-state index is 0.433. The van der Waals surface area contributed by atoms with Crippen molar-refractivity contribution in [3.8, 4) is 0 Å². The van der Waals surface area contributed by atoms with Gasteiger partial charge in [0.2, 0.25) is 5.91 Å². The van der Waals surface area contributed by atoms with Crippen LogP contribution in [0.5, 0.6) is 0 Å². The highest BCUT2D eigenvalue weighted by Crippen LogP contribution is 2.30. The Bertz CT molecular complexity index is 852. The van der Waals surface area contributed by atoms with E-state index in [0.717, 1.165) is 9.37 Å². The number of anilines is 1. The summed E-state index contributed by atoms with van der Waals surface area (Å²) in [5.74, 6) is -2.12. The zero-order valence-electron chi connectivity index (χ0n) is 17.5. The van der Waals surface area contributed by atoms with Crippen LogP contribution >= 0.6 is 15.9 Å². The summed E-state index contributed by atoms with van der Waals surface area (Å²) in [6.07, 6.45) is -3.14. The van der Waals surface area contributed by atoms with Gasteiger partial charge in [-0.15, -0.1) is 0 Å². The highest BCUT2D eigenvalue weighted by Gasteiger charge is 2.55. The fraction of sp³-hybridized carbons (Fsp3) is 0.474. The molecule has 5 N–H and O–H groups in total. The Morgan fingerprint density at radius 3 is 2.16 bits per heavy atom. The molecule has 1 saturated heterocycles. The van der Waals surface area contributed by atoms with Gasteiger partial charge in [-0.2, -0.15) is 5.01 Å². The fourth-order valence-electron chi connectivity index (χ4n) is 3.26. The molecule has 1 aromatic rings. The first-order valence-electron chi connectivity index (χ1n) is 9.56. The van der Waals surface area contributed by atoms with Gasteiger partial charge in [0.1, 0.15) is 18.0 Å². The van der Waals surface area contributed by atoms with Gasteiger partial charge in [-0.25, -0.2) is 15.0 Å². The molecule has 0 bridgehead atoms. The minimum atomic E-state index is -1.67. The number of aliphatic hydroxyl groups is 2. The molecule has 1 heterocycles. The second-order valence-corrected chi connectivity index (χ2v) is 8.43. The smallest absolute Gasteiger partial charge is 0.344 e. The van der Waals surface area contributed by atoms with Gasteiger partial charge in [0.05, 0.1) is 6.42 Å². The van der Waals surface area contributed by atoms with E-state index in [1.165, 1.54) is 13.8 Å². The van der Waals surface area contributed by atoms with Gasteiger partial charge in [0.15, 0.2) is 0 Å². The number of hydrazine groups is 1. The average molecular weight is 500 g/mol. The number of urea groups is 2. The zero-order valence-corrected chi connectivity index (χ0v) is 19.1. The van der Waals surface area contributed by atoms with Gasteiger partial charge >= 0.3 is 12.1 Å². The van der Waals surface area contributed by atoms with E-state index in [1.54, 1.807) is 38.1 Å². The molecule has 1 aliphatic rings. The molecule has 12 heteroatoms. The zero-order chi connectivity index (χ0) is 23.5. The van der Waals surface area contributed by atoms with Crippen LogP contribution in [0.3, 0.4) is 0 Å². The van der Waals surface area contributed by atoms with Gasteiger partial charge in [0, 0.05) is 10.2 Å². The number of benzene rings is 1. The molecule has 0 aromatic heterocycles. The summed E-state index contributed by atoms with van der Waals surface area (Å²) in [5, 5.41) is 25.1. The van der Waals surface area contributed by atoms with Crippen molar-refractivity contribution in [3.05, 3.63) is 28.7 Å². The summed E-state index contributed by atoms with van der Waals surface area (Å²) in [6, 6.07) is 4.91. The van der Waals surface area contributed by atoms with E-state index in [2.05, 4.69) is 32.0 Å². The minimum Gasteiger partial charge on any atom is -0.374 e. The van der Waals surface area contributed by atoms with E-state index in [1.807, 2.05) is 0 Å². The number of halogens is 1. The van der Waals surface area contributed by atoms with Crippen molar-refractivity contribution < 1.29 is 29.4 Å². The van der Waals surface area contributed by atoms with Crippen molar-refractivity contribution in [1.82, 2.24) is 20.7 Å². The standard InChI is InChI=1S/C19H26BrN5O6/c1-10(2)19(9-15(28)24(11(3)26)12(4)27)16(29)25(18(31)22-19)23-17(30)21-14-7-5-13(20)6-8-14/h5-8,10-12,26-27H,9H2,1-4H3,(H,22,31)(H2,21,23,30). The summed E-state index contributed by atoms with van der Waals surface area (Å²) in [4.78, 5) is 51.4. The number of carbonyl (C=O) groups excluding carboxylic acids is 4. The van der Waals surface area contributed by atoms with Crippen molar-refractivity contribution in [2.45, 2.75) is 52.1 Å². The molecule has 0 radical (unpaired) electrons. The largest absolute Gasteiger partial charge is 0.374 e. The maximum Gasteiger partial charge on any atom is 0.344 e. The fourth-order valence-corrected chi connectivity index (χ4v) is 3.53. The Morgan fingerprint density at radius 1 is 1.13 bits per heavy atom. The van der Waals surface area contributed by atoms with Crippen LogP contribution in [0.2, 0.25) is 0 Å². The molecule has 6 amide bonds. The van der Waals surface area contributed by atoms with Crippen molar-refractivity contribution in [2.75, 3.05) is 5.32 Å². The van der Waals surface area contributed by atoms with Crippen LogP contribution in [0.4, 0.5) is 15.3 Å². The second-order valence-electron chi connectivity index (χ2n) is 7.51. The van der Waals surface area contributed by atoms with Gasteiger partial charge in [-0.1, -0.05) is 29.8 Å². The third-order valence-electron chi connectivity index (χ3n) is 4.94. The van der Waals surface area contributed by atoms with Crippen LogP contribution in [-0.4, -0.2) is 62.0 Å². The molecule has 170 valence electrons. The molecular formula is C19H26BrN5O6. The quantitative estimate of drug-likeness (QED) is 0.282. The number of nitrogens with zero attached hydrogens (tertiary/aromatic N) is 2. The van der Waals surface area contributed by atoms with E-state index in [9.17, 15) is 29.4 Å². The molecule has 31 heavy (non-hydrogen) atoms. The highest BCUT2D eigenvalue weighted by atomic mass is 79.9. The maximum absolute atomic E-state index is 13.1. The maximum atomic E-state index is 13.1. The van der Waals surface area contributed by atoms with Gasteiger partial charge in [-0.05, 0) is 44.0 Å². The number of imide groups is 1. The lowest BCUT2D eigenvalue weighted by atomic mass is 9.82. The van der Waals surface area contributed by atoms with Crippen LogP contribution in [-0.2, 0) is 9.59 Å². The predicted molar refractivity (Wildman–Crippen MR) is 114 cm³/mol. The molecule has 0 spiro atoms. The van der Waals surface area contributed by atoms with Crippen molar-refractivity contribution >= 4 is 45.5 Å². The first kappa shape index (κ1) is 24.6. The van der Waals surface area contributed by atoms with Crippen LogP contribution in [0.1, 0.15) is 34.1 Å². The lowest BCUT2D eigenvalue weighted by Gasteiger charge is -2.34. The van der Waals surface area contributed by atoms with E-state index in [4.69, 9.17) is 0 Å². The van der Waals surface area contributed by atoms with E-state index < -0.39 is 54.2 Å². The molecule has 11 nitrogen and oxygen atoms in total. The number of aliphatic hydroxyl groups excluding tert-OH is 2. The number of hydrogen-bond acceptors (Lipinski definition) is 6. The molecule has 3 atom stereocenters. The van der Waals surface area contributed by atoms with Gasteiger partial charge in [-0.3, -0.25) is 14.5 Å². The number of hydrogen-bond donors (Lipinski definition) is 5. The summed E-state index contributed by atoms with van der Waals surface area (Å²) < 4.78 is 0.808. The van der Waals surface area contributed by atoms with Crippen molar-refractivity contribution in [2.24, 2.45) is 5.92 Å². The van der Waals surface area contributed by atoms with Crippen molar-refractivity contribution in [3.63, 3.8) is 0 Å². The summed E-state index contributed by atoms with van der Waals surface area (Å²) in [7, 11) is 0. The van der Waals surface area contributed by atoms with Crippen LogP contribution in [0.25, 0.3) is 0 Å². The predicted octanol–water partition coefficient (Wildman–Crippen LogP) is 1.33. The van der Waals surface area contributed by atoms with E-state index >= 15 is 0 Å². The monoisotopic (exact) mass is 499 g/mol. The third-order valence-corrected chi connectivity index (χ3v) is 5.47. The Kier molecular flexibility index (Phi) is 7.63. The first-order valence-corrected chi connectivity index (χ1v) is 10.4.